The lowest BCUT2D eigenvalue weighted by molar-refractivity contribution is -0.122. The Bertz CT molecular complexity index is 393. The molecule has 0 aliphatic carbocycles. The number of carbonyl (C=O) groups excluding carboxylic acids is 2. The van der Waals surface area contributed by atoms with Gasteiger partial charge in [-0.25, -0.2) is 4.79 Å². The van der Waals surface area contributed by atoms with E-state index in [0.29, 0.717) is 0 Å². The van der Waals surface area contributed by atoms with Gasteiger partial charge in [-0.05, 0) is 12.1 Å². The van der Waals surface area contributed by atoms with E-state index >= 15 is 0 Å². The first-order valence-corrected chi connectivity index (χ1v) is 4.50. The average molecular weight is 227 g/mol. The molecule has 0 aliphatic rings. The SMILES string of the molecule is NC(=O)C(S)OC(=O)c1ccccc1O. The van der Waals surface area contributed by atoms with Crippen LogP contribution in [0.4, 0.5) is 0 Å². The van der Waals surface area contributed by atoms with E-state index < -0.39 is 17.3 Å². The molecule has 0 aliphatic heterocycles. The summed E-state index contributed by atoms with van der Waals surface area (Å²) in [5.74, 6) is -1.96. The Kier molecular flexibility index (Phi) is 3.56. The first kappa shape index (κ1) is 11.4. The third kappa shape index (κ3) is 2.88. The molecule has 5 nitrogen and oxygen atoms in total. The maximum atomic E-state index is 11.3. The molecule has 3 N–H and O–H groups in total. The van der Waals surface area contributed by atoms with Crippen molar-refractivity contribution in [1.29, 1.82) is 0 Å². The summed E-state index contributed by atoms with van der Waals surface area (Å²) in [6.45, 7) is 0. The van der Waals surface area contributed by atoms with Crippen LogP contribution in [0.25, 0.3) is 0 Å². The quantitative estimate of drug-likeness (QED) is 0.393. The highest BCUT2D eigenvalue weighted by atomic mass is 32.1. The zero-order valence-corrected chi connectivity index (χ0v) is 8.48. The summed E-state index contributed by atoms with van der Waals surface area (Å²) in [4.78, 5) is 21.9. The van der Waals surface area contributed by atoms with E-state index in [9.17, 15) is 14.7 Å². The number of para-hydroxylation sites is 1. The molecule has 0 fully saturated rings. The van der Waals surface area contributed by atoms with E-state index in [1.165, 1.54) is 12.1 Å². The Morgan fingerprint density at radius 1 is 1.40 bits per heavy atom. The fourth-order valence-electron chi connectivity index (χ4n) is 0.869. The van der Waals surface area contributed by atoms with Crippen molar-refractivity contribution in [3.05, 3.63) is 29.8 Å². The van der Waals surface area contributed by atoms with Gasteiger partial charge in [-0.2, -0.15) is 0 Å². The second-order valence-electron chi connectivity index (χ2n) is 2.68. The maximum absolute atomic E-state index is 11.3. The van der Waals surface area contributed by atoms with Crippen LogP contribution >= 0.6 is 12.6 Å². The number of primary amides is 1. The number of benzene rings is 1. The summed E-state index contributed by atoms with van der Waals surface area (Å²) < 4.78 is 4.57. The van der Waals surface area contributed by atoms with Crippen molar-refractivity contribution in [2.75, 3.05) is 0 Å². The average Bonchev–Trinajstić information content (AvgIpc) is 2.18. The van der Waals surface area contributed by atoms with Gasteiger partial charge in [0.1, 0.15) is 11.3 Å². The second-order valence-corrected chi connectivity index (χ2v) is 3.15. The monoisotopic (exact) mass is 227 g/mol. The van der Waals surface area contributed by atoms with E-state index in [2.05, 4.69) is 17.4 Å². The minimum atomic E-state index is -1.32. The molecule has 15 heavy (non-hydrogen) atoms. The number of aromatic hydroxyl groups is 1. The lowest BCUT2D eigenvalue weighted by Crippen LogP contribution is -2.28. The van der Waals surface area contributed by atoms with Crippen molar-refractivity contribution in [3.63, 3.8) is 0 Å². The van der Waals surface area contributed by atoms with Crippen molar-refractivity contribution in [3.8, 4) is 5.75 Å². The zero-order chi connectivity index (χ0) is 11.4. The molecule has 0 aromatic heterocycles. The molecule has 0 saturated heterocycles. The van der Waals surface area contributed by atoms with Gasteiger partial charge in [-0.15, -0.1) is 12.6 Å². The maximum Gasteiger partial charge on any atom is 0.343 e. The molecule has 1 unspecified atom stereocenters. The van der Waals surface area contributed by atoms with Gasteiger partial charge in [0.25, 0.3) is 5.91 Å². The van der Waals surface area contributed by atoms with Gasteiger partial charge < -0.3 is 15.6 Å². The van der Waals surface area contributed by atoms with Crippen LogP contribution in [0.1, 0.15) is 10.4 Å². The van der Waals surface area contributed by atoms with E-state index in [-0.39, 0.29) is 11.3 Å². The molecule has 1 aromatic carbocycles. The molecule has 6 heteroatoms. The number of hydrogen-bond donors (Lipinski definition) is 3. The van der Waals surface area contributed by atoms with E-state index in [4.69, 9.17) is 5.73 Å². The number of ether oxygens (including phenoxy) is 1. The van der Waals surface area contributed by atoms with Gasteiger partial charge in [-0.1, -0.05) is 12.1 Å². The number of esters is 1. The molecule has 1 rings (SSSR count). The molecule has 0 heterocycles. The molecule has 80 valence electrons. The number of amides is 1. The summed E-state index contributed by atoms with van der Waals surface area (Å²) in [6, 6.07) is 5.79. The van der Waals surface area contributed by atoms with Crippen LogP contribution in [0, 0.1) is 0 Å². The van der Waals surface area contributed by atoms with Crippen LogP contribution in [0.2, 0.25) is 0 Å². The highest BCUT2D eigenvalue weighted by Crippen LogP contribution is 2.17. The molecule has 1 amide bonds. The number of hydrogen-bond acceptors (Lipinski definition) is 5. The third-order valence-electron chi connectivity index (χ3n) is 1.59. The van der Waals surface area contributed by atoms with E-state index in [0.717, 1.165) is 0 Å². The van der Waals surface area contributed by atoms with Gasteiger partial charge >= 0.3 is 5.97 Å². The van der Waals surface area contributed by atoms with Crippen LogP contribution in [0.3, 0.4) is 0 Å². The van der Waals surface area contributed by atoms with E-state index in [1.807, 2.05) is 0 Å². The Hall–Kier alpha value is -1.69. The smallest absolute Gasteiger partial charge is 0.343 e. The van der Waals surface area contributed by atoms with Crippen molar-refractivity contribution >= 4 is 24.5 Å². The van der Waals surface area contributed by atoms with Crippen molar-refractivity contribution in [2.24, 2.45) is 5.73 Å². The minimum absolute atomic E-state index is 0.0437. The number of nitrogens with two attached hydrogens (primary N) is 1. The highest BCUT2D eigenvalue weighted by molar-refractivity contribution is 7.81. The minimum Gasteiger partial charge on any atom is -0.507 e. The Balaban J connectivity index is 2.78. The number of phenols is 1. The van der Waals surface area contributed by atoms with Gasteiger partial charge in [0.2, 0.25) is 5.44 Å². The van der Waals surface area contributed by atoms with Crippen molar-refractivity contribution < 1.29 is 19.4 Å². The van der Waals surface area contributed by atoms with Crippen molar-refractivity contribution in [1.82, 2.24) is 0 Å². The zero-order valence-electron chi connectivity index (χ0n) is 7.58. The van der Waals surface area contributed by atoms with Gasteiger partial charge in [0.15, 0.2) is 0 Å². The lowest BCUT2D eigenvalue weighted by atomic mass is 10.2. The fraction of sp³-hybridized carbons (Fsp3) is 0.111. The molecule has 0 bridgehead atoms. The highest BCUT2D eigenvalue weighted by Gasteiger charge is 2.18. The summed E-state index contributed by atoms with van der Waals surface area (Å²) in [7, 11) is 0. The summed E-state index contributed by atoms with van der Waals surface area (Å²) in [6.07, 6.45) is 0. The number of carbonyl (C=O) groups is 2. The Labute approximate surface area is 91.3 Å². The van der Waals surface area contributed by atoms with E-state index in [1.54, 1.807) is 12.1 Å². The first-order valence-electron chi connectivity index (χ1n) is 3.98. The normalized spacial score (nSPS) is 11.8. The molecule has 0 radical (unpaired) electrons. The van der Waals surface area contributed by atoms with Crippen LogP contribution in [-0.2, 0) is 9.53 Å². The number of phenolic OH excluding ortho intramolecular Hbond substituents is 1. The molecule has 0 saturated carbocycles. The van der Waals surface area contributed by atoms with Crippen LogP contribution < -0.4 is 5.73 Å². The number of thiol groups is 1. The van der Waals surface area contributed by atoms with Crippen LogP contribution in [0.5, 0.6) is 5.75 Å². The van der Waals surface area contributed by atoms with Gasteiger partial charge in [-0.3, -0.25) is 4.79 Å². The largest absolute Gasteiger partial charge is 0.507 e. The Morgan fingerprint density at radius 2 is 2.00 bits per heavy atom. The second kappa shape index (κ2) is 4.70. The Morgan fingerprint density at radius 3 is 2.53 bits per heavy atom. The summed E-state index contributed by atoms with van der Waals surface area (Å²) in [5, 5.41) is 9.29. The van der Waals surface area contributed by atoms with Crippen LogP contribution in [0.15, 0.2) is 24.3 Å². The molecule has 0 spiro atoms. The summed E-state index contributed by atoms with van der Waals surface area (Å²) >= 11 is 3.65. The molecular weight excluding hydrogens is 218 g/mol. The van der Waals surface area contributed by atoms with Gasteiger partial charge in [0.05, 0.1) is 0 Å². The first-order chi connectivity index (χ1) is 7.02. The standard InChI is InChI=1S/C9H9NO4S/c10-7(12)9(15)14-8(13)5-3-1-2-4-6(5)11/h1-4,9,11,15H,(H2,10,12). The predicted octanol–water partition coefficient (Wildman–Crippen LogP) is 0.290. The fourth-order valence-corrected chi connectivity index (χ4v) is 0.965. The van der Waals surface area contributed by atoms with Gasteiger partial charge in [0, 0.05) is 0 Å². The third-order valence-corrected chi connectivity index (χ3v) is 1.95. The number of rotatable bonds is 3. The topological polar surface area (TPSA) is 89.6 Å². The lowest BCUT2D eigenvalue weighted by Gasteiger charge is -2.09. The molecular formula is C9H9NO4S. The van der Waals surface area contributed by atoms with Crippen LogP contribution in [-0.4, -0.2) is 22.4 Å². The molecule has 1 atom stereocenters. The predicted molar refractivity (Wildman–Crippen MR) is 55.5 cm³/mol. The summed E-state index contributed by atoms with van der Waals surface area (Å²) in [5.41, 5.74) is 3.48. The molecule has 1 aromatic rings. The van der Waals surface area contributed by atoms with Crippen molar-refractivity contribution in [2.45, 2.75) is 5.44 Å².